The van der Waals surface area contributed by atoms with E-state index in [1.54, 1.807) is 27.0 Å². The van der Waals surface area contributed by atoms with Gasteiger partial charge in [0.1, 0.15) is 12.1 Å². The van der Waals surface area contributed by atoms with Crippen LogP contribution in [0.15, 0.2) is 14.6 Å². The molecular formula is C10H14BrN3O3S. The number of aromatic nitrogens is 3. The van der Waals surface area contributed by atoms with Crippen LogP contribution in [0.1, 0.15) is 20.8 Å². The zero-order chi connectivity index (χ0) is 13.9. The molecule has 0 amide bonds. The van der Waals surface area contributed by atoms with E-state index >= 15 is 0 Å². The van der Waals surface area contributed by atoms with Crippen LogP contribution in [0.4, 0.5) is 0 Å². The van der Waals surface area contributed by atoms with Crippen molar-refractivity contribution < 1.29 is 9.53 Å². The predicted molar refractivity (Wildman–Crippen MR) is 71.6 cm³/mol. The van der Waals surface area contributed by atoms with Crippen LogP contribution in [0.3, 0.4) is 0 Å². The van der Waals surface area contributed by atoms with E-state index < -0.39 is 17.1 Å². The van der Waals surface area contributed by atoms with E-state index in [-0.39, 0.29) is 11.1 Å². The van der Waals surface area contributed by atoms with E-state index in [1.807, 2.05) is 0 Å². The molecule has 100 valence electrons. The van der Waals surface area contributed by atoms with Gasteiger partial charge in [-0.1, -0.05) is 11.8 Å². The topological polar surface area (TPSA) is 74.1 Å². The van der Waals surface area contributed by atoms with E-state index in [0.717, 1.165) is 0 Å². The van der Waals surface area contributed by atoms with Gasteiger partial charge in [-0.2, -0.15) is 0 Å². The van der Waals surface area contributed by atoms with Crippen LogP contribution in [0, 0.1) is 0 Å². The van der Waals surface area contributed by atoms with Crippen molar-refractivity contribution in [1.82, 2.24) is 14.8 Å². The highest BCUT2D eigenvalue weighted by atomic mass is 79.9. The number of hydrogen-bond acceptors (Lipinski definition) is 6. The van der Waals surface area contributed by atoms with E-state index in [9.17, 15) is 9.59 Å². The van der Waals surface area contributed by atoms with Gasteiger partial charge in [-0.25, -0.2) is 0 Å². The van der Waals surface area contributed by atoms with Gasteiger partial charge in [-0.15, -0.1) is 10.2 Å². The van der Waals surface area contributed by atoms with Gasteiger partial charge in [-0.05, 0) is 43.0 Å². The molecule has 0 aliphatic heterocycles. The molecule has 8 heteroatoms. The summed E-state index contributed by atoms with van der Waals surface area (Å²) in [7, 11) is 0. The lowest BCUT2D eigenvalue weighted by Crippen LogP contribution is -2.32. The lowest BCUT2D eigenvalue weighted by Gasteiger charge is -2.20. The first-order valence-electron chi connectivity index (χ1n) is 5.13. The monoisotopic (exact) mass is 335 g/mol. The Morgan fingerprint density at radius 2 is 2.06 bits per heavy atom. The number of thioether (sulfide) groups is 1. The van der Waals surface area contributed by atoms with Crippen molar-refractivity contribution in [2.45, 2.75) is 38.1 Å². The maximum absolute atomic E-state index is 11.8. The molecule has 18 heavy (non-hydrogen) atoms. The molecule has 0 N–H and O–H groups in total. The van der Waals surface area contributed by atoms with Crippen LogP contribution < -0.4 is 5.56 Å². The van der Waals surface area contributed by atoms with Crippen molar-refractivity contribution in [3.05, 3.63) is 15.0 Å². The van der Waals surface area contributed by atoms with Crippen LogP contribution in [0.5, 0.6) is 0 Å². The summed E-state index contributed by atoms with van der Waals surface area (Å²) >= 11 is 4.23. The van der Waals surface area contributed by atoms with Gasteiger partial charge >= 0.3 is 5.97 Å². The summed E-state index contributed by atoms with van der Waals surface area (Å²) in [6, 6.07) is 0. The predicted octanol–water partition coefficient (Wildman–Crippen LogP) is 1.46. The summed E-state index contributed by atoms with van der Waals surface area (Å²) < 4.78 is 6.47. The van der Waals surface area contributed by atoms with Crippen molar-refractivity contribution in [3.63, 3.8) is 0 Å². The molecule has 0 unspecified atom stereocenters. The maximum Gasteiger partial charge on any atom is 0.326 e. The first kappa shape index (κ1) is 15.2. The minimum atomic E-state index is -0.585. The summed E-state index contributed by atoms with van der Waals surface area (Å²) in [6.45, 7) is 5.12. The highest BCUT2D eigenvalue weighted by molar-refractivity contribution is 9.10. The summed E-state index contributed by atoms with van der Waals surface area (Å²) in [4.78, 5) is 23.5. The van der Waals surface area contributed by atoms with Gasteiger partial charge in [0.2, 0.25) is 0 Å². The smallest absolute Gasteiger partial charge is 0.326 e. The molecule has 6 nitrogen and oxygen atoms in total. The first-order chi connectivity index (χ1) is 8.24. The van der Waals surface area contributed by atoms with Crippen molar-refractivity contribution in [3.8, 4) is 0 Å². The second-order valence-corrected chi connectivity index (χ2v) is 5.98. The van der Waals surface area contributed by atoms with Gasteiger partial charge in [0.25, 0.3) is 5.56 Å². The van der Waals surface area contributed by atoms with Crippen LogP contribution in [0.25, 0.3) is 0 Å². The Morgan fingerprint density at radius 1 is 1.44 bits per heavy atom. The average molecular weight is 336 g/mol. The SMILES string of the molecule is CSc1nnc(Br)c(=O)n1CC(=O)OC(C)(C)C. The molecule has 1 rings (SSSR count). The lowest BCUT2D eigenvalue weighted by molar-refractivity contribution is -0.155. The fourth-order valence-electron chi connectivity index (χ4n) is 1.17. The zero-order valence-electron chi connectivity index (χ0n) is 10.6. The van der Waals surface area contributed by atoms with Gasteiger partial charge in [-0.3, -0.25) is 14.2 Å². The molecule has 1 heterocycles. The van der Waals surface area contributed by atoms with E-state index in [1.165, 1.54) is 16.3 Å². The summed E-state index contributed by atoms with van der Waals surface area (Å²) in [5.74, 6) is -0.486. The molecule has 1 aromatic heterocycles. The molecule has 0 atom stereocenters. The molecule has 0 saturated carbocycles. The fraction of sp³-hybridized carbons (Fsp3) is 0.600. The second kappa shape index (κ2) is 5.83. The standard InChI is InChI=1S/C10H14BrN3O3S/c1-10(2,3)17-6(15)5-14-8(16)7(11)12-13-9(14)18-4/h5H2,1-4H3. The van der Waals surface area contributed by atoms with Gasteiger partial charge in [0, 0.05) is 0 Å². The Hall–Kier alpha value is -0.890. The number of ether oxygens (including phenoxy) is 1. The summed E-state index contributed by atoms with van der Waals surface area (Å²) in [5.41, 5.74) is -0.988. The second-order valence-electron chi connectivity index (χ2n) is 4.46. The van der Waals surface area contributed by atoms with Gasteiger partial charge in [0.15, 0.2) is 9.76 Å². The van der Waals surface area contributed by atoms with E-state index in [2.05, 4.69) is 26.1 Å². The van der Waals surface area contributed by atoms with Crippen LogP contribution in [0.2, 0.25) is 0 Å². The molecule has 0 fully saturated rings. The lowest BCUT2D eigenvalue weighted by atomic mass is 10.2. The Kier molecular flexibility index (Phi) is 4.92. The van der Waals surface area contributed by atoms with Crippen molar-refractivity contribution >= 4 is 33.7 Å². The van der Waals surface area contributed by atoms with Crippen LogP contribution >= 0.6 is 27.7 Å². The third-order valence-electron chi connectivity index (χ3n) is 1.77. The third-order valence-corrected chi connectivity index (χ3v) is 2.93. The maximum atomic E-state index is 11.8. The highest BCUT2D eigenvalue weighted by Gasteiger charge is 2.19. The number of hydrogen-bond donors (Lipinski definition) is 0. The van der Waals surface area contributed by atoms with E-state index in [4.69, 9.17) is 4.74 Å². The average Bonchev–Trinajstić information content (AvgIpc) is 2.22. The normalized spacial score (nSPS) is 11.4. The fourth-order valence-corrected chi connectivity index (χ4v) is 1.96. The Morgan fingerprint density at radius 3 is 2.56 bits per heavy atom. The van der Waals surface area contributed by atoms with Gasteiger partial charge < -0.3 is 4.74 Å². The van der Waals surface area contributed by atoms with Crippen molar-refractivity contribution in [1.29, 1.82) is 0 Å². The van der Waals surface area contributed by atoms with Crippen LogP contribution in [-0.4, -0.2) is 32.6 Å². The van der Waals surface area contributed by atoms with E-state index in [0.29, 0.717) is 5.16 Å². The number of nitrogens with zero attached hydrogens (tertiary/aromatic N) is 3. The minimum absolute atomic E-state index is 0.0730. The number of halogens is 1. The molecule has 0 spiro atoms. The quantitative estimate of drug-likeness (QED) is 0.615. The Bertz CT molecular complexity index is 510. The van der Waals surface area contributed by atoms with Crippen molar-refractivity contribution in [2.75, 3.05) is 6.26 Å². The van der Waals surface area contributed by atoms with Gasteiger partial charge in [0.05, 0.1) is 0 Å². The molecule has 0 bridgehead atoms. The third kappa shape index (κ3) is 4.09. The number of esters is 1. The summed E-state index contributed by atoms with van der Waals surface area (Å²) in [5, 5.41) is 7.85. The molecule has 0 aliphatic carbocycles. The number of carbonyl (C=O) groups excluding carboxylic acids is 1. The van der Waals surface area contributed by atoms with Crippen molar-refractivity contribution in [2.24, 2.45) is 0 Å². The molecule has 0 aliphatic rings. The first-order valence-corrected chi connectivity index (χ1v) is 7.15. The molecular weight excluding hydrogens is 322 g/mol. The number of carbonyl (C=O) groups is 1. The molecule has 0 saturated heterocycles. The minimum Gasteiger partial charge on any atom is -0.459 e. The Balaban J connectivity index is 3.00. The largest absolute Gasteiger partial charge is 0.459 e. The van der Waals surface area contributed by atoms with Crippen LogP contribution in [-0.2, 0) is 16.1 Å². The molecule has 0 aromatic carbocycles. The number of rotatable bonds is 3. The summed E-state index contributed by atoms with van der Waals surface area (Å²) in [6.07, 6.45) is 1.75. The zero-order valence-corrected chi connectivity index (χ0v) is 13.0. The highest BCUT2D eigenvalue weighted by Crippen LogP contribution is 2.12. The molecule has 1 aromatic rings. The molecule has 0 radical (unpaired) electrons. The Labute approximate surface area is 117 Å².